The monoisotopic (exact) mass is 544 g/mol. The van der Waals surface area contributed by atoms with E-state index in [0.717, 1.165) is 46.3 Å². The van der Waals surface area contributed by atoms with Crippen molar-refractivity contribution < 1.29 is 22.0 Å². The summed E-state index contributed by atoms with van der Waals surface area (Å²) in [5.41, 5.74) is 0.902. The van der Waals surface area contributed by atoms with Gasteiger partial charge in [0.25, 0.3) is 10.0 Å². The maximum atomic E-state index is 13.4. The third-order valence-electron chi connectivity index (χ3n) is 4.68. The average Bonchev–Trinajstić information content (AvgIpc) is 2.80. The second-order valence-corrected chi connectivity index (χ2v) is 10.8. The Kier molecular flexibility index (Phi) is 9.18. The first kappa shape index (κ1) is 26.3. The molecule has 3 aromatic rings. The third-order valence-corrected chi connectivity index (χ3v) is 8.16. The van der Waals surface area contributed by atoms with E-state index in [1.165, 1.54) is 23.9 Å². The van der Waals surface area contributed by atoms with Gasteiger partial charge < -0.3 is 5.32 Å². The minimum absolute atomic E-state index is 0.101. The molecular formula is C23H20Cl2F2N2O3S2. The minimum Gasteiger partial charge on any atom is -0.354 e. The van der Waals surface area contributed by atoms with Gasteiger partial charge in [0.05, 0.1) is 10.6 Å². The van der Waals surface area contributed by atoms with E-state index in [4.69, 9.17) is 23.2 Å². The zero-order valence-electron chi connectivity index (χ0n) is 17.7. The topological polar surface area (TPSA) is 66.5 Å². The van der Waals surface area contributed by atoms with Gasteiger partial charge in [-0.15, -0.1) is 0 Å². The van der Waals surface area contributed by atoms with Crippen LogP contribution >= 0.6 is 35.0 Å². The van der Waals surface area contributed by atoms with Crippen molar-refractivity contribution in [1.82, 2.24) is 5.32 Å². The Morgan fingerprint density at radius 2 is 1.47 bits per heavy atom. The van der Waals surface area contributed by atoms with Crippen LogP contribution in [0.15, 0.2) is 71.6 Å². The van der Waals surface area contributed by atoms with Crippen LogP contribution in [0.5, 0.6) is 0 Å². The lowest BCUT2D eigenvalue weighted by molar-refractivity contribution is -0.119. The highest BCUT2D eigenvalue weighted by Gasteiger charge is 2.27. The van der Waals surface area contributed by atoms with Crippen LogP contribution in [0.4, 0.5) is 14.5 Å². The number of hydrogen-bond acceptors (Lipinski definition) is 4. The number of thioether (sulfide) groups is 1. The van der Waals surface area contributed by atoms with Gasteiger partial charge in [0.2, 0.25) is 5.91 Å². The van der Waals surface area contributed by atoms with Crippen LogP contribution in [0.2, 0.25) is 10.0 Å². The van der Waals surface area contributed by atoms with E-state index < -0.39 is 34.1 Å². The fourth-order valence-electron chi connectivity index (χ4n) is 2.95. The molecule has 0 aromatic heterocycles. The van der Waals surface area contributed by atoms with Gasteiger partial charge in [-0.05, 0) is 66.2 Å². The van der Waals surface area contributed by atoms with Crippen molar-refractivity contribution in [2.75, 3.05) is 23.1 Å². The fraction of sp³-hybridized carbons (Fsp3) is 0.174. The minimum atomic E-state index is -4.21. The number of sulfonamides is 1. The maximum Gasteiger partial charge on any atom is 0.264 e. The van der Waals surface area contributed by atoms with Crippen molar-refractivity contribution in [3.63, 3.8) is 0 Å². The number of carbonyl (C=O) groups is 1. The van der Waals surface area contributed by atoms with Crippen molar-refractivity contribution >= 4 is 56.6 Å². The summed E-state index contributed by atoms with van der Waals surface area (Å²) in [7, 11) is -4.21. The number of amides is 1. The van der Waals surface area contributed by atoms with Crippen molar-refractivity contribution in [2.45, 2.75) is 10.6 Å². The molecule has 34 heavy (non-hydrogen) atoms. The predicted octanol–water partition coefficient (Wildman–Crippen LogP) is 5.52. The normalized spacial score (nSPS) is 11.3. The Labute approximate surface area is 211 Å². The molecule has 0 fully saturated rings. The molecule has 0 spiro atoms. The first-order chi connectivity index (χ1) is 16.2. The van der Waals surface area contributed by atoms with Crippen LogP contribution in [0, 0.1) is 11.6 Å². The third kappa shape index (κ3) is 6.85. The van der Waals surface area contributed by atoms with E-state index in [0.29, 0.717) is 21.6 Å². The lowest BCUT2D eigenvalue weighted by Gasteiger charge is -2.24. The Morgan fingerprint density at radius 3 is 2.06 bits per heavy atom. The highest BCUT2D eigenvalue weighted by molar-refractivity contribution is 7.98. The highest BCUT2D eigenvalue weighted by atomic mass is 35.5. The van der Waals surface area contributed by atoms with Gasteiger partial charge in [-0.2, -0.15) is 11.8 Å². The lowest BCUT2D eigenvalue weighted by atomic mass is 10.2. The molecule has 0 radical (unpaired) electrons. The summed E-state index contributed by atoms with van der Waals surface area (Å²) in [5, 5.41) is 3.80. The summed E-state index contributed by atoms with van der Waals surface area (Å²) < 4.78 is 53.8. The van der Waals surface area contributed by atoms with Crippen LogP contribution in [0.1, 0.15) is 5.56 Å². The molecule has 1 amide bonds. The summed E-state index contributed by atoms with van der Waals surface area (Å²) in [4.78, 5) is 12.4. The molecule has 0 aliphatic heterocycles. The molecule has 11 heteroatoms. The Morgan fingerprint density at radius 1 is 0.912 bits per heavy atom. The van der Waals surface area contributed by atoms with E-state index in [2.05, 4.69) is 5.32 Å². The second-order valence-electron chi connectivity index (χ2n) is 7.04. The molecule has 3 aromatic carbocycles. The standard InChI is InChI=1S/C23H20Cl2F2N2O3S2/c24-21-2-1-3-22(25)20(21)15-33-13-12-28-23(30)14-29(18-8-4-16(26)5-9-18)34(31,32)19-10-6-17(27)7-11-19/h1-11H,12-15H2,(H,28,30). The fourth-order valence-corrected chi connectivity index (χ4v) is 5.97. The summed E-state index contributed by atoms with van der Waals surface area (Å²) in [6.45, 7) is -0.258. The average molecular weight is 545 g/mol. The Bertz CT molecular complexity index is 1220. The van der Waals surface area contributed by atoms with Gasteiger partial charge >= 0.3 is 0 Å². The maximum absolute atomic E-state index is 13.4. The zero-order valence-corrected chi connectivity index (χ0v) is 20.8. The van der Waals surface area contributed by atoms with Gasteiger partial charge in [0.15, 0.2) is 0 Å². The molecular weight excluding hydrogens is 525 g/mol. The quantitative estimate of drug-likeness (QED) is 0.341. The van der Waals surface area contributed by atoms with E-state index >= 15 is 0 Å². The van der Waals surface area contributed by atoms with Crippen molar-refractivity contribution in [3.8, 4) is 0 Å². The number of hydrogen-bond donors (Lipinski definition) is 1. The summed E-state index contributed by atoms with van der Waals surface area (Å²) in [5.74, 6) is -0.612. The number of nitrogens with one attached hydrogen (secondary N) is 1. The second kappa shape index (κ2) is 11.9. The van der Waals surface area contributed by atoms with Crippen LogP contribution < -0.4 is 9.62 Å². The highest BCUT2D eigenvalue weighted by Crippen LogP contribution is 2.28. The molecule has 3 rings (SSSR count). The number of nitrogens with zero attached hydrogens (tertiary/aromatic N) is 1. The molecule has 180 valence electrons. The zero-order chi connectivity index (χ0) is 24.7. The lowest BCUT2D eigenvalue weighted by Crippen LogP contribution is -2.41. The molecule has 0 unspecified atom stereocenters. The number of halogens is 4. The number of benzene rings is 3. The van der Waals surface area contributed by atoms with Gasteiger partial charge in [-0.3, -0.25) is 9.10 Å². The van der Waals surface area contributed by atoms with E-state index in [-0.39, 0.29) is 17.1 Å². The van der Waals surface area contributed by atoms with Gasteiger partial charge in [0, 0.05) is 28.1 Å². The molecule has 0 heterocycles. The van der Waals surface area contributed by atoms with Crippen molar-refractivity contribution in [1.29, 1.82) is 0 Å². The van der Waals surface area contributed by atoms with Crippen molar-refractivity contribution in [3.05, 3.63) is 94.0 Å². The summed E-state index contributed by atoms with van der Waals surface area (Å²) >= 11 is 13.8. The van der Waals surface area contributed by atoms with Gasteiger partial charge in [0.1, 0.15) is 18.2 Å². The SMILES string of the molecule is O=C(CN(c1ccc(F)cc1)S(=O)(=O)c1ccc(F)cc1)NCCSCc1c(Cl)cccc1Cl. The molecule has 0 bridgehead atoms. The van der Waals surface area contributed by atoms with Crippen molar-refractivity contribution in [2.24, 2.45) is 0 Å². The molecule has 0 aliphatic carbocycles. The summed E-state index contributed by atoms with van der Waals surface area (Å²) in [6.07, 6.45) is 0. The predicted molar refractivity (Wildman–Crippen MR) is 133 cm³/mol. The molecule has 0 atom stereocenters. The molecule has 5 nitrogen and oxygen atoms in total. The molecule has 1 N–H and O–H groups in total. The van der Waals surface area contributed by atoms with Crippen LogP contribution in [0.3, 0.4) is 0 Å². The first-order valence-electron chi connectivity index (χ1n) is 9.99. The van der Waals surface area contributed by atoms with E-state index in [1.807, 2.05) is 0 Å². The molecule has 0 aliphatic rings. The summed E-state index contributed by atoms with van der Waals surface area (Å²) in [6, 6.07) is 14.2. The van der Waals surface area contributed by atoms with Crippen LogP contribution in [-0.4, -0.2) is 33.2 Å². The Hall–Kier alpha value is -2.33. The Balaban J connectivity index is 1.64. The van der Waals surface area contributed by atoms with Gasteiger partial charge in [-0.1, -0.05) is 29.3 Å². The van der Waals surface area contributed by atoms with Crippen LogP contribution in [0.25, 0.3) is 0 Å². The molecule has 0 saturated heterocycles. The number of carbonyl (C=O) groups excluding carboxylic acids is 1. The van der Waals surface area contributed by atoms with E-state index in [1.54, 1.807) is 18.2 Å². The van der Waals surface area contributed by atoms with Gasteiger partial charge in [-0.25, -0.2) is 17.2 Å². The largest absolute Gasteiger partial charge is 0.354 e. The number of rotatable bonds is 10. The first-order valence-corrected chi connectivity index (χ1v) is 13.3. The van der Waals surface area contributed by atoms with Crippen LogP contribution in [-0.2, 0) is 20.6 Å². The smallest absolute Gasteiger partial charge is 0.264 e. The number of anilines is 1. The van der Waals surface area contributed by atoms with E-state index in [9.17, 15) is 22.0 Å². The molecule has 0 saturated carbocycles.